The molecule has 5 nitrogen and oxygen atoms in total. The van der Waals surface area contributed by atoms with Crippen LogP contribution in [0.25, 0.3) is 0 Å². The van der Waals surface area contributed by atoms with Gasteiger partial charge in [-0.15, -0.1) is 0 Å². The summed E-state index contributed by atoms with van der Waals surface area (Å²) in [4.78, 5) is 0.0103. The minimum absolute atomic E-state index is 0.00556. The van der Waals surface area contributed by atoms with Gasteiger partial charge in [0.25, 0.3) is 8.32 Å². The summed E-state index contributed by atoms with van der Waals surface area (Å²) >= 11 is 6.07. The Morgan fingerprint density at radius 1 is 0.860 bits per heavy atom. The number of morpholine rings is 1. The Balaban J connectivity index is 1.62. The predicted octanol–water partition coefficient (Wildman–Crippen LogP) is 6.33. The van der Waals surface area contributed by atoms with Crippen molar-refractivity contribution in [3.05, 3.63) is 125 Å². The Bertz CT molecular complexity index is 1590. The van der Waals surface area contributed by atoms with Crippen molar-refractivity contribution in [1.29, 1.82) is 0 Å². The Morgan fingerprint density at radius 3 is 1.91 bits per heavy atom. The molecule has 0 aliphatic carbocycles. The summed E-state index contributed by atoms with van der Waals surface area (Å²) in [6, 6.07) is 27.2. The number of sulfonamides is 1. The van der Waals surface area contributed by atoms with Crippen molar-refractivity contribution in [1.82, 2.24) is 4.31 Å². The topological polar surface area (TPSA) is 55.8 Å². The third-order valence-corrected chi connectivity index (χ3v) is 15.1. The number of rotatable bonds is 8. The molecule has 0 aromatic heterocycles. The van der Waals surface area contributed by atoms with Gasteiger partial charge < -0.3 is 9.16 Å². The first-order valence-electron chi connectivity index (χ1n) is 14.0. The number of benzene rings is 4. The molecule has 5 rings (SSSR count). The minimum Gasteiger partial charge on any atom is -0.406 e. The van der Waals surface area contributed by atoms with Gasteiger partial charge in [-0.3, -0.25) is 0 Å². The van der Waals surface area contributed by atoms with Crippen LogP contribution in [0.4, 0.5) is 8.78 Å². The standard InChI is InChI=1S/C33H34ClF2NO4SSi/c1-33(2,3)43(30-10-6-4-7-11-30,31-12-8-5-9-13-31)41-22-28-21-40-23-32(24-18-26(35)20-27(36)19-24)37(28)42(38,39)29-16-14-25(34)15-17-29/h4-20,28,32H,21-23H2,1-3H3. The van der Waals surface area contributed by atoms with Crippen LogP contribution in [-0.2, 0) is 19.2 Å². The molecule has 0 spiro atoms. The van der Waals surface area contributed by atoms with Crippen LogP contribution in [0.3, 0.4) is 0 Å². The maximum atomic E-state index is 14.4. The second-order valence-corrected chi connectivity index (χ2v) is 18.3. The fourth-order valence-electron chi connectivity index (χ4n) is 5.92. The molecular formula is C33H34ClF2NO4SSi. The number of halogens is 3. The monoisotopic (exact) mass is 641 g/mol. The Labute approximate surface area is 258 Å². The SMILES string of the molecule is CC(C)(C)[Si](OCC1COCC(c2cc(F)cc(F)c2)N1S(=O)(=O)c1ccc(Cl)cc1)(c1ccccc1)c1ccccc1. The van der Waals surface area contributed by atoms with Gasteiger partial charge in [0.1, 0.15) is 11.6 Å². The summed E-state index contributed by atoms with van der Waals surface area (Å²) < 4.78 is 71.8. The lowest BCUT2D eigenvalue weighted by atomic mass is 10.0. The smallest absolute Gasteiger partial charge is 0.261 e. The number of hydrogen-bond donors (Lipinski definition) is 0. The van der Waals surface area contributed by atoms with Gasteiger partial charge in [-0.2, -0.15) is 4.31 Å². The molecule has 2 unspecified atom stereocenters. The Hall–Kier alpha value is -2.92. The maximum absolute atomic E-state index is 14.4. The normalized spacial score (nSPS) is 18.5. The van der Waals surface area contributed by atoms with Crippen molar-refractivity contribution in [2.45, 2.75) is 42.8 Å². The highest BCUT2D eigenvalue weighted by Crippen LogP contribution is 2.39. The van der Waals surface area contributed by atoms with Gasteiger partial charge in [0, 0.05) is 11.1 Å². The van der Waals surface area contributed by atoms with E-state index in [1.165, 1.54) is 28.6 Å². The second kappa shape index (κ2) is 12.6. The van der Waals surface area contributed by atoms with Gasteiger partial charge in [-0.25, -0.2) is 17.2 Å². The van der Waals surface area contributed by atoms with E-state index in [2.05, 4.69) is 45.0 Å². The zero-order valence-electron chi connectivity index (χ0n) is 24.2. The third kappa shape index (κ3) is 6.34. The molecular weight excluding hydrogens is 608 g/mol. The Kier molecular flexibility index (Phi) is 9.22. The van der Waals surface area contributed by atoms with Crippen molar-refractivity contribution in [2.75, 3.05) is 19.8 Å². The van der Waals surface area contributed by atoms with Crippen LogP contribution in [0.5, 0.6) is 0 Å². The summed E-state index contributed by atoms with van der Waals surface area (Å²) in [6.45, 7) is 6.37. The molecule has 1 heterocycles. The molecule has 0 amide bonds. The molecule has 1 aliphatic heterocycles. The molecule has 0 N–H and O–H groups in total. The quantitative estimate of drug-likeness (QED) is 0.211. The average molecular weight is 642 g/mol. The highest BCUT2D eigenvalue weighted by atomic mass is 35.5. The second-order valence-electron chi connectivity index (χ2n) is 11.7. The molecule has 4 aromatic carbocycles. The summed E-state index contributed by atoms with van der Waals surface area (Å²) in [5, 5.41) is 2.12. The zero-order valence-corrected chi connectivity index (χ0v) is 26.8. The summed E-state index contributed by atoms with van der Waals surface area (Å²) in [7, 11) is -7.24. The predicted molar refractivity (Wildman–Crippen MR) is 168 cm³/mol. The van der Waals surface area contributed by atoms with Gasteiger partial charge in [-0.1, -0.05) is 93.0 Å². The average Bonchev–Trinajstić information content (AvgIpc) is 2.97. The van der Waals surface area contributed by atoms with Crippen molar-refractivity contribution in [3.8, 4) is 0 Å². The number of ether oxygens (including phenoxy) is 1. The van der Waals surface area contributed by atoms with Crippen LogP contribution in [0.15, 0.2) is 108 Å². The first-order chi connectivity index (χ1) is 20.4. The first kappa shape index (κ1) is 31.5. The van der Waals surface area contributed by atoms with E-state index in [9.17, 15) is 17.2 Å². The molecule has 0 radical (unpaired) electrons. The molecule has 1 fully saturated rings. The minimum atomic E-state index is -4.20. The van der Waals surface area contributed by atoms with Crippen LogP contribution >= 0.6 is 11.6 Å². The molecule has 0 saturated carbocycles. The summed E-state index contributed by atoms with van der Waals surface area (Å²) in [5.41, 5.74) is 0.158. The number of hydrogen-bond acceptors (Lipinski definition) is 4. The fourth-order valence-corrected chi connectivity index (χ4v) is 12.4. The molecule has 2 atom stereocenters. The van der Waals surface area contributed by atoms with Crippen molar-refractivity contribution in [3.63, 3.8) is 0 Å². The van der Waals surface area contributed by atoms with Crippen LogP contribution in [0.1, 0.15) is 32.4 Å². The van der Waals surface area contributed by atoms with Crippen molar-refractivity contribution >= 4 is 40.3 Å². The molecule has 1 aliphatic rings. The largest absolute Gasteiger partial charge is 0.406 e. The lowest BCUT2D eigenvalue weighted by Gasteiger charge is -2.46. The van der Waals surface area contributed by atoms with E-state index in [-0.39, 0.29) is 35.3 Å². The van der Waals surface area contributed by atoms with Gasteiger partial charge >= 0.3 is 0 Å². The van der Waals surface area contributed by atoms with E-state index in [1.807, 2.05) is 36.4 Å². The van der Waals surface area contributed by atoms with E-state index < -0.39 is 42.1 Å². The van der Waals surface area contributed by atoms with E-state index in [4.69, 9.17) is 20.8 Å². The van der Waals surface area contributed by atoms with Gasteiger partial charge in [-0.05, 0) is 57.4 Å². The van der Waals surface area contributed by atoms with E-state index >= 15 is 0 Å². The van der Waals surface area contributed by atoms with E-state index in [1.54, 1.807) is 0 Å². The zero-order chi connectivity index (χ0) is 30.8. The maximum Gasteiger partial charge on any atom is 0.261 e. The highest BCUT2D eigenvalue weighted by molar-refractivity contribution is 7.89. The Morgan fingerprint density at radius 2 is 1.40 bits per heavy atom. The van der Waals surface area contributed by atoms with Gasteiger partial charge in [0.2, 0.25) is 10.0 Å². The molecule has 10 heteroatoms. The number of nitrogens with zero attached hydrogens (tertiary/aromatic N) is 1. The lowest BCUT2D eigenvalue weighted by Crippen LogP contribution is -2.68. The summed E-state index contributed by atoms with van der Waals surface area (Å²) in [5.74, 6) is -1.60. The molecule has 1 saturated heterocycles. The molecule has 43 heavy (non-hydrogen) atoms. The van der Waals surface area contributed by atoms with Gasteiger partial charge in [0.05, 0.1) is 36.8 Å². The van der Waals surface area contributed by atoms with Crippen LogP contribution in [0.2, 0.25) is 10.1 Å². The van der Waals surface area contributed by atoms with Crippen LogP contribution in [-0.4, -0.2) is 46.9 Å². The first-order valence-corrected chi connectivity index (χ1v) is 17.7. The van der Waals surface area contributed by atoms with Crippen molar-refractivity contribution in [2.24, 2.45) is 0 Å². The van der Waals surface area contributed by atoms with Crippen LogP contribution in [0, 0.1) is 11.6 Å². The summed E-state index contributed by atoms with van der Waals surface area (Å²) in [6.07, 6.45) is 0. The van der Waals surface area contributed by atoms with Gasteiger partial charge in [0.15, 0.2) is 0 Å². The van der Waals surface area contributed by atoms with Crippen molar-refractivity contribution < 1.29 is 26.4 Å². The highest BCUT2D eigenvalue weighted by Gasteiger charge is 2.51. The van der Waals surface area contributed by atoms with Crippen LogP contribution < -0.4 is 10.4 Å². The van der Waals surface area contributed by atoms with E-state index in [0.29, 0.717) is 5.02 Å². The van der Waals surface area contributed by atoms with E-state index in [0.717, 1.165) is 28.6 Å². The lowest BCUT2D eigenvalue weighted by molar-refractivity contribution is -0.0226. The molecule has 226 valence electrons. The molecule has 0 bridgehead atoms. The third-order valence-electron chi connectivity index (χ3n) is 7.82. The fraction of sp³-hybridized carbons (Fsp3) is 0.273. The molecule has 4 aromatic rings.